The predicted molar refractivity (Wildman–Crippen MR) is 109 cm³/mol. The van der Waals surface area contributed by atoms with Crippen LogP contribution in [0, 0.1) is 0 Å². The largest absolute Gasteiger partial charge is 0.0149 e. The minimum atomic E-state index is -2.24. The first-order valence-corrected chi connectivity index (χ1v) is 13.2. The summed E-state index contributed by atoms with van der Waals surface area (Å²) in [4.78, 5) is 0. The summed E-state index contributed by atoms with van der Waals surface area (Å²) in [6.45, 7) is 6.84. The van der Waals surface area contributed by atoms with Gasteiger partial charge in [-0.2, -0.15) is 0 Å². The Balaban J connectivity index is 0.00000208. The molecule has 1 unspecified atom stereocenters. The fourth-order valence-corrected chi connectivity index (χ4v) is 9.65. The van der Waals surface area contributed by atoms with Crippen molar-refractivity contribution in [3.63, 3.8) is 0 Å². The smallest absolute Gasteiger partial charge is 0.0149 e. The second-order valence-electron chi connectivity index (χ2n) is 8.11. The van der Waals surface area contributed by atoms with E-state index >= 15 is 0 Å². The predicted octanol–water partition coefficient (Wildman–Crippen LogP) is 4.27. The molecular formula is C21H31NSiTi. The molecular weight excluding hydrogens is 342 g/mol. The molecule has 0 saturated carbocycles. The van der Waals surface area contributed by atoms with Crippen LogP contribution in [0.3, 0.4) is 0 Å². The molecule has 0 aliphatic heterocycles. The monoisotopic (exact) mass is 373 g/mol. The topological polar surface area (TPSA) is 12.0 Å². The molecule has 1 aliphatic carbocycles. The van der Waals surface area contributed by atoms with Crippen molar-refractivity contribution in [2.75, 3.05) is 0 Å². The summed E-state index contributed by atoms with van der Waals surface area (Å²) in [5.41, 5.74) is 5.82. The average Bonchev–Trinajstić information content (AvgIpc) is 2.86. The first-order valence-electron chi connectivity index (χ1n) is 8.44. The molecule has 0 saturated heterocycles. The van der Waals surface area contributed by atoms with Gasteiger partial charge in [0.05, 0.1) is 0 Å². The van der Waals surface area contributed by atoms with E-state index in [1.165, 1.54) is 22.3 Å². The van der Waals surface area contributed by atoms with Crippen LogP contribution in [-0.4, -0.2) is 16.5 Å². The van der Waals surface area contributed by atoms with Gasteiger partial charge in [0.1, 0.15) is 0 Å². The number of rotatable bonds is 3. The fourth-order valence-electron chi connectivity index (χ4n) is 3.87. The van der Waals surface area contributed by atoms with E-state index in [1.807, 2.05) is 0 Å². The fraction of sp³-hybridized carbons (Fsp3) is 0.333. The average molecular weight is 373 g/mol. The molecule has 0 heterocycles. The molecule has 24 heavy (non-hydrogen) atoms. The summed E-state index contributed by atoms with van der Waals surface area (Å²) in [6.07, 6.45) is 2.53. The van der Waals surface area contributed by atoms with Crippen LogP contribution in [0.25, 0.3) is 5.57 Å². The van der Waals surface area contributed by atoms with E-state index < -0.39 is 16.8 Å². The zero-order valence-electron chi connectivity index (χ0n) is 14.9. The van der Waals surface area contributed by atoms with Crippen molar-refractivity contribution in [1.82, 2.24) is 3.80 Å². The molecule has 1 aliphatic rings. The first kappa shape index (κ1) is 19.4. The maximum absolute atomic E-state index is 3.99. The normalized spacial score (nSPS) is 17.0. The summed E-state index contributed by atoms with van der Waals surface area (Å²) >= 11 is -2.24. The molecule has 3 rings (SSSR count). The van der Waals surface area contributed by atoms with Gasteiger partial charge < -0.3 is 0 Å². The van der Waals surface area contributed by atoms with E-state index in [0.29, 0.717) is 4.22 Å². The van der Waals surface area contributed by atoms with Gasteiger partial charge in [-0.3, -0.25) is 0 Å². The Kier molecular flexibility index (Phi) is 5.76. The quantitative estimate of drug-likeness (QED) is 0.792. The molecule has 2 aromatic carbocycles. The van der Waals surface area contributed by atoms with Gasteiger partial charge in [-0.15, -0.1) is 0 Å². The Bertz CT molecular complexity index is 729. The van der Waals surface area contributed by atoms with Crippen molar-refractivity contribution in [3.8, 4) is 0 Å². The number of allylic oxidation sites excluding steroid dienone is 1. The van der Waals surface area contributed by atoms with Crippen LogP contribution in [0.2, 0.25) is 10.5 Å². The first-order chi connectivity index (χ1) is 10.8. The third kappa shape index (κ3) is 4.00. The minimum absolute atomic E-state index is 0. The molecule has 0 radical (unpaired) electrons. The van der Waals surface area contributed by atoms with Crippen molar-refractivity contribution in [3.05, 3.63) is 77.4 Å². The summed E-state index contributed by atoms with van der Waals surface area (Å²) in [5.74, 6) is 0. The number of nitrogens with one attached hydrogen (secondary N) is 1. The van der Waals surface area contributed by atoms with Gasteiger partial charge in [0.15, 0.2) is 0 Å². The number of benzene rings is 2. The van der Waals surface area contributed by atoms with Gasteiger partial charge in [-0.25, -0.2) is 0 Å². The molecule has 0 amide bonds. The van der Waals surface area contributed by atoms with Gasteiger partial charge >= 0.3 is 145 Å². The van der Waals surface area contributed by atoms with Crippen LogP contribution in [-0.2, 0) is 16.8 Å². The maximum Gasteiger partial charge on any atom is -0.0149 e. The van der Waals surface area contributed by atoms with E-state index in [2.05, 4.69) is 95.7 Å². The van der Waals surface area contributed by atoms with E-state index in [1.54, 1.807) is 0 Å². The second kappa shape index (κ2) is 7.13. The van der Waals surface area contributed by atoms with Crippen LogP contribution < -0.4 is 3.80 Å². The Morgan fingerprint density at radius 1 is 0.875 bits per heavy atom. The summed E-state index contributed by atoms with van der Waals surface area (Å²) in [5, 5.41) is 4.99. The van der Waals surface area contributed by atoms with Crippen LogP contribution >= 0.6 is 0 Å². The third-order valence-electron chi connectivity index (χ3n) is 4.48. The van der Waals surface area contributed by atoms with Crippen molar-refractivity contribution in [2.45, 2.75) is 41.0 Å². The maximum atomic E-state index is 3.99. The molecule has 2 aromatic rings. The summed E-state index contributed by atoms with van der Waals surface area (Å²) in [7, 11) is 0. The Morgan fingerprint density at radius 2 is 1.46 bits per heavy atom. The molecule has 1 nitrogen and oxygen atoms in total. The molecule has 0 spiro atoms. The Morgan fingerprint density at radius 3 is 2.08 bits per heavy atom. The van der Waals surface area contributed by atoms with Gasteiger partial charge in [-0.05, 0) is 11.0 Å². The van der Waals surface area contributed by atoms with Crippen molar-refractivity contribution in [2.24, 2.45) is 0 Å². The summed E-state index contributed by atoms with van der Waals surface area (Å²) in [6, 6.07) is 19.7. The summed E-state index contributed by atoms with van der Waals surface area (Å²) < 4.78 is 4.55. The van der Waals surface area contributed by atoms with E-state index in [0.717, 1.165) is 0 Å². The Labute approximate surface area is 155 Å². The third-order valence-corrected chi connectivity index (χ3v) is 9.83. The number of fused-ring (bicyclic) bond motifs is 1. The molecule has 3 heteroatoms. The van der Waals surface area contributed by atoms with Gasteiger partial charge in [0.2, 0.25) is 0 Å². The van der Waals surface area contributed by atoms with Gasteiger partial charge in [0.25, 0.3) is 0 Å². The number of hydrogen-bond acceptors (Lipinski definition) is 1. The number of hydrogen-bond donors (Lipinski definition) is 1. The minimum Gasteiger partial charge on any atom is -0.0149 e. The van der Waals surface area contributed by atoms with Crippen molar-refractivity contribution >= 4 is 16.5 Å². The Hall–Kier alpha value is -0.929. The van der Waals surface area contributed by atoms with Crippen molar-refractivity contribution < 1.29 is 16.8 Å². The van der Waals surface area contributed by atoms with Crippen LogP contribution in [0.15, 0.2) is 60.7 Å². The van der Waals surface area contributed by atoms with Crippen LogP contribution in [0.1, 0.15) is 41.7 Å². The standard InChI is InChI=1S/C15H11.C4H10N.2CH3.H4Si.Ti/c1-2-6-12(7-3-1)15-11-10-13-8-4-5-9-14(13)15;1-4(2,3)5;;;;/h1-11H;5H,1-3H3;2*1H3;1H4;/q;-1;;;;+1. The van der Waals surface area contributed by atoms with Crippen LogP contribution in [0.5, 0.6) is 0 Å². The van der Waals surface area contributed by atoms with Gasteiger partial charge in [0, 0.05) is 0 Å². The van der Waals surface area contributed by atoms with E-state index in [9.17, 15) is 0 Å². The second-order valence-corrected chi connectivity index (χ2v) is 14.8. The van der Waals surface area contributed by atoms with Gasteiger partial charge in [-0.1, -0.05) is 0 Å². The molecule has 1 N–H and O–H groups in total. The van der Waals surface area contributed by atoms with E-state index in [4.69, 9.17) is 0 Å². The van der Waals surface area contributed by atoms with Crippen LogP contribution in [0.4, 0.5) is 0 Å². The molecule has 1 atom stereocenters. The molecule has 0 aromatic heterocycles. The zero-order valence-corrected chi connectivity index (χ0v) is 16.4. The zero-order chi connectivity index (χ0) is 16.7. The molecule has 0 fully saturated rings. The van der Waals surface area contributed by atoms with E-state index in [-0.39, 0.29) is 16.5 Å². The molecule has 0 bridgehead atoms. The van der Waals surface area contributed by atoms with Crippen molar-refractivity contribution in [1.29, 1.82) is 0 Å². The SMILES string of the molecule is CC(C)(C)[NH][Ti]([CH3])([CH3])[CH]1C=C(c2ccccc2)c2ccccc21.[SiH4]. The molecule has 128 valence electrons.